The maximum absolute atomic E-state index is 13.6. The van der Waals surface area contributed by atoms with E-state index in [1.54, 1.807) is 30.7 Å². The van der Waals surface area contributed by atoms with Gasteiger partial charge in [0.25, 0.3) is 0 Å². The summed E-state index contributed by atoms with van der Waals surface area (Å²) in [4.78, 5) is 12.8. The minimum absolute atomic E-state index is 0.251. The molecule has 0 amide bonds. The zero-order chi connectivity index (χ0) is 22.0. The van der Waals surface area contributed by atoms with Crippen molar-refractivity contribution in [1.82, 2.24) is 20.4 Å². The van der Waals surface area contributed by atoms with E-state index >= 15 is 0 Å². The SMILES string of the molecule is CCOC(=O)C1=C(C)NC(=S)N[C@H]1c1cn(-c2ccccc2)nc1-c1ccc(F)cc1. The van der Waals surface area contributed by atoms with E-state index < -0.39 is 12.0 Å². The van der Waals surface area contributed by atoms with Gasteiger partial charge in [0.15, 0.2) is 5.11 Å². The fraction of sp³-hybridized carbons (Fsp3) is 0.174. The molecule has 0 bridgehead atoms. The summed E-state index contributed by atoms with van der Waals surface area (Å²) in [6.07, 6.45) is 1.85. The number of halogens is 1. The molecule has 2 aromatic carbocycles. The van der Waals surface area contributed by atoms with Gasteiger partial charge in [-0.05, 0) is 62.5 Å². The van der Waals surface area contributed by atoms with Gasteiger partial charge in [0.05, 0.1) is 29.6 Å². The largest absolute Gasteiger partial charge is 0.463 e. The van der Waals surface area contributed by atoms with E-state index in [4.69, 9.17) is 22.1 Å². The Balaban J connectivity index is 1.90. The Morgan fingerprint density at radius 1 is 1.19 bits per heavy atom. The third kappa shape index (κ3) is 4.20. The van der Waals surface area contributed by atoms with E-state index in [1.807, 2.05) is 36.5 Å². The van der Waals surface area contributed by atoms with Gasteiger partial charge in [-0.2, -0.15) is 5.10 Å². The number of aromatic nitrogens is 2. The molecule has 0 unspecified atom stereocenters. The topological polar surface area (TPSA) is 68.2 Å². The highest BCUT2D eigenvalue weighted by atomic mass is 32.1. The second-order valence-electron chi connectivity index (χ2n) is 7.01. The van der Waals surface area contributed by atoms with Gasteiger partial charge < -0.3 is 15.4 Å². The highest BCUT2D eigenvalue weighted by Gasteiger charge is 2.34. The number of benzene rings is 2. The Morgan fingerprint density at radius 3 is 2.58 bits per heavy atom. The molecular formula is C23H21FN4O2S. The molecule has 3 aromatic rings. The van der Waals surface area contributed by atoms with Gasteiger partial charge in [-0.3, -0.25) is 0 Å². The Bertz CT molecular complexity index is 1160. The third-order valence-electron chi connectivity index (χ3n) is 4.96. The smallest absolute Gasteiger partial charge is 0.338 e. The number of thiocarbonyl (C=S) groups is 1. The normalized spacial score (nSPS) is 16.0. The molecule has 6 nitrogen and oxygen atoms in total. The van der Waals surface area contributed by atoms with Crippen molar-refractivity contribution < 1.29 is 13.9 Å². The van der Waals surface area contributed by atoms with Gasteiger partial charge >= 0.3 is 5.97 Å². The summed E-state index contributed by atoms with van der Waals surface area (Å²) in [6, 6.07) is 15.1. The van der Waals surface area contributed by atoms with Crippen molar-refractivity contribution in [1.29, 1.82) is 0 Å². The van der Waals surface area contributed by atoms with Crippen molar-refractivity contribution in [3.05, 3.63) is 83.4 Å². The monoisotopic (exact) mass is 436 g/mol. The summed E-state index contributed by atoms with van der Waals surface area (Å²) in [7, 11) is 0. The molecule has 0 spiro atoms. The Morgan fingerprint density at radius 2 is 1.90 bits per heavy atom. The number of esters is 1. The standard InChI is InChI=1S/C23H21FN4O2S/c1-3-30-22(29)19-14(2)25-23(31)26-21(19)18-13-28(17-7-5-4-6-8-17)27-20(18)15-9-11-16(24)12-10-15/h4-13,21H,3H2,1-2H3,(H2,25,26,31)/t21-/m0/s1. The van der Waals surface area contributed by atoms with E-state index in [1.165, 1.54) is 12.1 Å². The van der Waals surface area contributed by atoms with Gasteiger partial charge in [0, 0.05) is 23.0 Å². The summed E-state index contributed by atoms with van der Waals surface area (Å²) in [5, 5.41) is 11.3. The summed E-state index contributed by atoms with van der Waals surface area (Å²) >= 11 is 5.36. The van der Waals surface area contributed by atoms with Crippen LogP contribution in [-0.4, -0.2) is 27.5 Å². The molecule has 2 N–H and O–H groups in total. The number of allylic oxidation sites excluding steroid dienone is 1. The summed E-state index contributed by atoms with van der Waals surface area (Å²) in [6.45, 7) is 3.79. The number of carbonyl (C=O) groups is 1. The molecule has 0 saturated carbocycles. The molecule has 31 heavy (non-hydrogen) atoms. The molecule has 1 aliphatic heterocycles. The predicted molar refractivity (Wildman–Crippen MR) is 120 cm³/mol. The van der Waals surface area contributed by atoms with E-state index in [2.05, 4.69) is 10.6 Å². The Labute approximate surface area is 184 Å². The maximum Gasteiger partial charge on any atom is 0.338 e. The zero-order valence-electron chi connectivity index (χ0n) is 17.1. The lowest BCUT2D eigenvalue weighted by molar-refractivity contribution is -0.139. The van der Waals surface area contributed by atoms with Gasteiger partial charge in [0.2, 0.25) is 0 Å². The van der Waals surface area contributed by atoms with Crippen molar-refractivity contribution in [3.63, 3.8) is 0 Å². The lowest BCUT2D eigenvalue weighted by Gasteiger charge is -2.29. The maximum atomic E-state index is 13.6. The number of hydrogen-bond donors (Lipinski definition) is 2. The fourth-order valence-electron chi connectivity index (χ4n) is 3.55. The Hall–Kier alpha value is -3.52. The molecule has 1 aromatic heterocycles. The van der Waals surface area contributed by atoms with Crippen LogP contribution < -0.4 is 10.6 Å². The molecule has 0 aliphatic carbocycles. The van der Waals surface area contributed by atoms with E-state index in [0.717, 1.165) is 16.8 Å². The van der Waals surface area contributed by atoms with Gasteiger partial charge in [0.1, 0.15) is 5.82 Å². The lowest BCUT2D eigenvalue weighted by atomic mass is 9.94. The van der Waals surface area contributed by atoms with Crippen LogP contribution in [-0.2, 0) is 9.53 Å². The van der Waals surface area contributed by atoms with Crippen molar-refractivity contribution in [2.45, 2.75) is 19.9 Å². The Kier molecular flexibility index (Phi) is 5.81. The number of para-hydroxylation sites is 1. The number of ether oxygens (including phenoxy) is 1. The molecule has 0 fully saturated rings. The predicted octanol–water partition coefficient (Wildman–Crippen LogP) is 4.03. The molecule has 1 atom stereocenters. The van der Waals surface area contributed by atoms with Crippen LogP contribution in [0.25, 0.3) is 16.9 Å². The minimum Gasteiger partial charge on any atom is -0.463 e. The zero-order valence-corrected chi connectivity index (χ0v) is 17.9. The summed E-state index contributed by atoms with van der Waals surface area (Å²) in [5.41, 5.74) is 3.95. The second kappa shape index (κ2) is 8.69. The fourth-order valence-corrected chi connectivity index (χ4v) is 3.82. The average Bonchev–Trinajstić information content (AvgIpc) is 3.20. The van der Waals surface area contributed by atoms with Crippen LogP contribution in [0.4, 0.5) is 4.39 Å². The van der Waals surface area contributed by atoms with Gasteiger partial charge in [-0.15, -0.1) is 0 Å². The summed E-state index contributed by atoms with van der Waals surface area (Å²) in [5.74, 6) is -0.776. The van der Waals surface area contributed by atoms with Gasteiger partial charge in [-0.1, -0.05) is 18.2 Å². The molecule has 4 rings (SSSR count). The van der Waals surface area contributed by atoms with Crippen LogP contribution in [0, 0.1) is 5.82 Å². The average molecular weight is 437 g/mol. The molecule has 0 saturated heterocycles. The van der Waals surface area contributed by atoms with Crippen molar-refractivity contribution in [3.8, 4) is 16.9 Å². The quantitative estimate of drug-likeness (QED) is 0.465. The van der Waals surface area contributed by atoms with Crippen LogP contribution >= 0.6 is 12.2 Å². The van der Waals surface area contributed by atoms with Crippen LogP contribution in [0.2, 0.25) is 0 Å². The highest BCUT2D eigenvalue weighted by molar-refractivity contribution is 7.80. The van der Waals surface area contributed by atoms with E-state index in [9.17, 15) is 9.18 Å². The van der Waals surface area contributed by atoms with Crippen LogP contribution in [0.5, 0.6) is 0 Å². The first-order valence-corrected chi connectivity index (χ1v) is 10.2. The lowest BCUT2D eigenvalue weighted by Crippen LogP contribution is -2.45. The first kappa shape index (κ1) is 20.7. The van der Waals surface area contributed by atoms with Crippen molar-refractivity contribution >= 4 is 23.3 Å². The van der Waals surface area contributed by atoms with Crippen molar-refractivity contribution in [2.75, 3.05) is 6.61 Å². The molecule has 0 radical (unpaired) electrons. The first-order valence-electron chi connectivity index (χ1n) is 9.84. The van der Waals surface area contributed by atoms with Crippen LogP contribution in [0.15, 0.2) is 72.1 Å². The first-order chi connectivity index (χ1) is 15.0. The van der Waals surface area contributed by atoms with Crippen LogP contribution in [0.3, 0.4) is 0 Å². The number of rotatable bonds is 5. The molecule has 2 heterocycles. The van der Waals surface area contributed by atoms with E-state index in [0.29, 0.717) is 22.1 Å². The number of nitrogens with one attached hydrogen (secondary N) is 2. The molecule has 8 heteroatoms. The minimum atomic E-state index is -0.578. The van der Waals surface area contributed by atoms with Crippen molar-refractivity contribution in [2.24, 2.45) is 0 Å². The third-order valence-corrected chi connectivity index (χ3v) is 5.18. The second-order valence-corrected chi connectivity index (χ2v) is 7.42. The number of carbonyl (C=O) groups excluding carboxylic acids is 1. The van der Waals surface area contributed by atoms with E-state index in [-0.39, 0.29) is 12.4 Å². The summed E-state index contributed by atoms with van der Waals surface area (Å²) < 4.78 is 20.6. The van der Waals surface area contributed by atoms with Gasteiger partial charge in [-0.25, -0.2) is 13.9 Å². The molecule has 1 aliphatic rings. The molecular weight excluding hydrogens is 415 g/mol. The number of nitrogens with zero attached hydrogens (tertiary/aromatic N) is 2. The highest BCUT2D eigenvalue weighted by Crippen LogP contribution is 2.35. The molecule has 158 valence electrons. The number of hydrogen-bond acceptors (Lipinski definition) is 4. The van der Waals surface area contributed by atoms with Crippen LogP contribution in [0.1, 0.15) is 25.5 Å².